The first-order valence-electron chi connectivity index (χ1n) is 8.84. The molecule has 0 amide bonds. The summed E-state index contributed by atoms with van der Waals surface area (Å²) >= 11 is 1.46. The van der Waals surface area contributed by atoms with Gasteiger partial charge in [0, 0.05) is 16.8 Å². The lowest BCUT2D eigenvalue weighted by molar-refractivity contribution is 0.102. The Balaban J connectivity index is 1.66. The molecule has 136 valence electrons. The van der Waals surface area contributed by atoms with E-state index in [4.69, 9.17) is 4.98 Å². The predicted octanol–water partition coefficient (Wildman–Crippen LogP) is 5.53. The average Bonchev–Trinajstić information content (AvgIpc) is 3.28. The van der Waals surface area contributed by atoms with Crippen LogP contribution in [0.3, 0.4) is 0 Å². The number of nitrogens with one attached hydrogen (secondary N) is 1. The van der Waals surface area contributed by atoms with Crippen molar-refractivity contribution >= 4 is 34.3 Å². The molecule has 0 radical (unpaired) electrons. The molecule has 4 aromatic rings. The maximum Gasteiger partial charge on any atom is 0.169 e. The zero-order valence-corrected chi connectivity index (χ0v) is 16.2. The van der Waals surface area contributed by atoms with Gasteiger partial charge in [0.05, 0.1) is 16.6 Å². The third-order valence-corrected chi connectivity index (χ3v) is 5.66. The number of nitrogens with zero attached hydrogens (tertiary/aromatic N) is 3. The Morgan fingerprint density at radius 1 is 1.11 bits per heavy atom. The van der Waals surface area contributed by atoms with Crippen molar-refractivity contribution in [1.29, 1.82) is 0 Å². The highest BCUT2D eigenvalue weighted by Gasteiger charge is 2.13. The molecule has 0 spiro atoms. The Labute approximate surface area is 161 Å². The second-order valence-electron chi connectivity index (χ2n) is 6.76. The summed E-state index contributed by atoms with van der Waals surface area (Å²) in [5, 5.41) is 7.73. The van der Waals surface area contributed by atoms with E-state index in [9.17, 15) is 4.79 Å². The van der Waals surface area contributed by atoms with Crippen molar-refractivity contribution in [3.63, 3.8) is 0 Å². The zero-order chi connectivity index (χ0) is 19.0. The van der Waals surface area contributed by atoms with Crippen LogP contribution in [0.4, 0.5) is 11.5 Å². The van der Waals surface area contributed by atoms with Gasteiger partial charge in [-0.05, 0) is 48.7 Å². The fraction of sp³-hybridized carbons (Fsp3) is 0.190. The minimum absolute atomic E-state index is 0.0721. The molecule has 0 saturated heterocycles. The minimum atomic E-state index is 0.0721. The van der Waals surface area contributed by atoms with Crippen LogP contribution in [0.5, 0.6) is 0 Å². The van der Waals surface area contributed by atoms with E-state index in [-0.39, 0.29) is 5.78 Å². The van der Waals surface area contributed by atoms with Crippen LogP contribution in [-0.4, -0.2) is 20.4 Å². The van der Waals surface area contributed by atoms with E-state index in [1.807, 2.05) is 24.4 Å². The van der Waals surface area contributed by atoms with Crippen LogP contribution in [0.2, 0.25) is 0 Å². The van der Waals surface area contributed by atoms with Crippen molar-refractivity contribution in [2.45, 2.75) is 26.7 Å². The largest absolute Gasteiger partial charge is 0.340 e. The van der Waals surface area contributed by atoms with E-state index in [1.54, 1.807) is 17.6 Å². The number of hydrogen-bond donors (Lipinski definition) is 1. The number of aromatic nitrogens is 3. The molecule has 5 nitrogen and oxygen atoms in total. The minimum Gasteiger partial charge on any atom is -0.340 e. The molecule has 3 aromatic heterocycles. The molecule has 0 aliphatic carbocycles. The lowest BCUT2D eigenvalue weighted by Crippen LogP contribution is -1.97. The molecule has 1 aromatic carbocycles. The van der Waals surface area contributed by atoms with E-state index in [2.05, 4.69) is 48.5 Å². The van der Waals surface area contributed by atoms with Crippen LogP contribution in [0.15, 0.2) is 54.9 Å². The summed E-state index contributed by atoms with van der Waals surface area (Å²) in [5.74, 6) is 1.33. The first kappa shape index (κ1) is 17.4. The highest BCUT2D eigenvalue weighted by Crippen LogP contribution is 2.31. The molecular formula is C21H20N4OS. The maximum atomic E-state index is 11.6. The van der Waals surface area contributed by atoms with Gasteiger partial charge in [0.15, 0.2) is 11.4 Å². The Morgan fingerprint density at radius 3 is 2.56 bits per heavy atom. The van der Waals surface area contributed by atoms with Gasteiger partial charge in [-0.2, -0.15) is 5.10 Å². The molecule has 0 bridgehead atoms. The van der Waals surface area contributed by atoms with Gasteiger partial charge in [-0.15, -0.1) is 11.3 Å². The number of rotatable bonds is 5. The van der Waals surface area contributed by atoms with Crippen molar-refractivity contribution in [2.75, 3.05) is 5.32 Å². The van der Waals surface area contributed by atoms with Gasteiger partial charge < -0.3 is 5.32 Å². The van der Waals surface area contributed by atoms with E-state index < -0.39 is 0 Å². The molecule has 0 aliphatic heterocycles. The molecule has 0 aliphatic rings. The summed E-state index contributed by atoms with van der Waals surface area (Å²) in [6.45, 7) is 5.94. The van der Waals surface area contributed by atoms with E-state index >= 15 is 0 Å². The summed E-state index contributed by atoms with van der Waals surface area (Å²) in [4.78, 5) is 18.0. The van der Waals surface area contributed by atoms with Crippen molar-refractivity contribution in [2.24, 2.45) is 0 Å². The highest BCUT2D eigenvalue weighted by molar-refractivity contribution is 7.17. The monoisotopic (exact) mass is 376 g/mol. The molecule has 0 atom stereocenters. The fourth-order valence-electron chi connectivity index (χ4n) is 2.88. The Hall–Kier alpha value is -2.99. The third-order valence-electron chi connectivity index (χ3n) is 4.44. The topological polar surface area (TPSA) is 59.3 Å². The Bertz CT molecular complexity index is 1110. The quantitative estimate of drug-likeness (QED) is 0.465. The van der Waals surface area contributed by atoms with E-state index in [0.717, 1.165) is 32.5 Å². The molecule has 0 saturated carbocycles. The molecule has 3 heterocycles. The fourth-order valence-corrected chi connectivity index (χ4v) is 3.79. The molecule has 27 heavy (non-hydrogen) atoms. The van der Waals surface area contributed by atoms with Gasteiger partial charge in [0.1, 0.15) is 5.82 Å². The summed E-state index contributed by atoms with van der Waals surface area (Å²) in [5.41, 5.74) is 3.98. The standard InChI is InChI=1S/C21H20N4OS/c1-13(2)15-4-6-16(7-5-15)23-20-10-11-25-21(24-20)17(12-22-25)19-9-8-18(27-19)14(3)26/h4-13H,1-3H3,(H,23,24). The summed E-state index contributed by atoms with van der Waals surface area (Å²) in [6.07, 6.45) is 3.68. The van der Waals surface area contributed by atoms with Crippen molar-refractivity contribution in [3.05, 3.63) is 65.3 Å². The number of fused-ring (bicyclic) bond motifs is 1. The van der Waals surface area contributed by atoms with Crippen LogP contribution in [0.25, 0.3) is 16.1 Å². The molecule has 1 N–H and O–H groups in total. The zero-order valence-electron chi connectivity index (χ0n) is 15.4. The molecule has 0 unspecified atom stereocenters. The van der Waals surface area contributed by atoms with Crippen molar-refractivity contribution in [3.8, 4) is 10.4 Å². The second kappa shape index (κ2) is 6.96. The number of carbonyl (C=O) groups is 1. The normalized spacial score (nSPS) is 11.3. The number of Topliss-reactive ketones (excluding diaryl/α,β-unsaturated/α-hetero) is 1. The van der Waals surface area contributed by atoms with Gasteiger partial charge in [0.2, 0.25) is 0 Å². The Kier molecular flexibility index (Phi) is 4.49. The summed E-state index contributed by atoms with van der Waals surface area (Å²) in [6, 6.07) is 14.1. The maximum absolute atomic E-state index is 11.6. The van der Waals surface area contributed by atoms with Gasteiger partial charge >= 0.3 is 0 Å². The summed E-state index contributed by atoms with van der Waals surface area (Å²) < 4.78 is 1.75. The van der Waals surface area contributed by atoms with Gasteiger partial charge in [-0.1, -0.05) is 26.0 Å². The van der Waals surface area contributed by atoms with Gasteiger partial charge in [-0.25, -0.2) is 9.50 Å². The van der Waals surface area contributed by atoms with Crippen LogP contribution < -0.4 is 5.32 Å². The number of benzene rings is 1. The van der Waals surface area contributed by atoms with Crippen LogP contribution in [0, 0.1) is 0 Å². The van der Waals surface area contributed by atoms with Crippen molar-refractivity contribution in [1.82, 2.24) is 14.6 Å². The SMILES string of the molecule is CC(=O)c1ccc(-c2cnn3ccc(Nc4ccc(C(C)C)cc4)nc23)s1. The molecule has 6 heteroatoms. The first-order valence-corrected chi connectivity index (χ1v) is 9.65. The van der Waals surface area contributed by atoms with Crippen LogP contribution in [0.1, 0.15) is 41.9 Å². The second-order valence-corrected chi connectivity index (χ2v) is 7.84. The summed E-state index contributed by atoms with van der Waals surface area (Å²) in [7, 11) is 0. The predicted molar refractivity (Wildman–Crippen MR) is 110 cm³/mol. The van der Waals surface area contributed by atoms with Crippen LogP contribution in [-0.2, 0) is 0 Å². The van der Waals surface area contributed by atoms with Crippen LogP contribution >= 0.6 is 11.3 Å². The van der Waals surface area contributed by atoms with Gasteiger partial charge in [-0.3, -0.25) is 4.79 Å². The molecule has 0 fully saturated rings. The smallest absolute Gasteiger partial charge is 0.169 e. The number of carbonyl (C=O) groups excluding carboxylic acids is 1. The van der Waals surface area contributed by atoms with E-state index in [0.29, 0.717) is 5.92 Å². The lowest BCUT2D eigenvalue weighted by Gasteiger charge is -2.09. The third kappa shape index (κ3) is 3.48. The number of thiophene rings is 1. The Morgan fingerprint density at radius 2 is 1.89 bits per heavy atom. The van der Waals surface area contributed by atoms with Gasteiger partial charge in [0.25, 0.3) is 0 Å². The lowest BCUT2D eigenvalue weighted by atomic mass is 10.0. The molecular weight excluding hydrogens is 356 g/mol. The number of anilines is 2. The van der Waals surface area contributed by atoms with Crippen molar-refractivity contribution < 1.29 is 4.79 Å². The molecule has 4 rings (SSSR count). The highest BCUT2D eigenvalue weighted by atomic mass is 32.1. The number of ketones is 1. The average molecular weight is 376 g/mol. The van der Waals surface area contributed by atoms with E-state index in [1.165, 1.54) is 16.9 Å². The number of hydrogen-bond acceptors (Lipinski definition) is 5. The first-order chi connectivity index (χ1) is 13.0.